The maximum absolute atomic E-state index is 11.7. The molecule has 3 rings (SSSR count). The Morgan fingerprint density at radius 2 is 2.00 bits per heavy atom. The predicted molar refractivity (Wildman–Crippen MR) is 74.2 cm³/mol. The van der Waals surface area contributed by atoms with Crippen molar-refractivity contribution >= 4 is 5.91 Å². The second-order valence-corrected chi connectivity index (χ2v) is 4.32. The van der Waals surface area contributed by atoms with Crippen LogP contribution in [0.3, 0.4) is 0 Å². The van der Waals surface area contributed by atoms with Crippen molar-refractivity contribution in [1.29, 1.82) is 0 Å². The van der Waals surface area contributed by atoms with E-state index < -0.39 is 0 Å². The zero-order chi connectivity index (χ0) is 14.5. The van der Waals surface area contributed by atoms with Crippen LogP contribution in [-0.2, 0) is 6.42 Å². The van der Waals surface area contributed by atoms with Gasteiger partial charge in [-0.2, -0.15) is 10.2 Å². The first-order valence-corrected chi connectivity index (χ1v) is 6.42. The van der Waals surface area contributed by atoms with Gasteiger partial charge < -0.3 is 5.32 Å². The van der Waals surface area contributed by atoms with E-state index in [0.29, 0.717) is 30.3 Å². The number of amides is 1. The van der Waals surface area contributed by atoms with Crippen LogP contribution in [0.2, 0.25) is 0 Å². The lowest BCUT2D eigenvalue weighted by Gasteiger charge is -2.00. The lowest BCUT2D eigenvalue weighted by molar-refractivity contribution is 0.0949. The molecule has 0 aliphatic carbocycles. The number of hydrogen-bond acceptors (Lipinski definition) is 5. The lowest BCUT2D eigenvalue weighted by atomic mass is 10.2. The standard InChI is InChI=1S/C13H13N7O/c21-13(10-3-8-16-18-10)15-7-4-11-17-12(20-19-11)9-1-5-14-6-2-9/h1-3,5-6,8H,4,7H2,(H,15,21)(H,16,18)(H,17,19,20). The molecule has 3 N–H and O–H groups in total. The summed E-state index contributed by atoms with van der Waals surface area (Å²) in [5.74, 6) is 1.14. The van der Waals surface area contributed by atoms with Gasteiger partial charge in [-0.3, -0.25) is 20.0 Å². The quantitative estimate of drug-likeness (QED) is 0.633. The van der Waals surface area contributed by atoms with Crippen molar-refractivity contribution < 1.29 is 4.79 Å². The highest BCUT2D eigenvalue weighted by Crippen LogP contribution is 2.12. The van der Waals surface area contributed by atoms with Crippen LogP contribution < -0.4 is 5.32 Å². The molecule has 3 heterocycles. The molecule has 0 unspecified atom stereocenters. The largest absolute Gasteiger partial charge is 0.350 e. The van der Waals surface area contributed by atoms with Gasteiger partial charge in [0, 0.05) is 37.1 Å². The first-order chi connectivity index (χ1) is 10.3. The fourth-order valence-electron chi connectivity index (χ4n) is 1.81. The molecule has 8 heteroatoms. The molecule has 0 fully saturated rings. The number of pyridine rings is 1. The molecular formula is C13H13N7O. The van der Waals surface area contributed by atoms with E-state index in [1.165, 1.54) is 6.20 Å². The predicted octanol–water partition coefficient (Wildman–Crippen LogP) is 0.562. The van der Waals surface area contributed by atoms with Crippen molar-refractivity contribution in [2.45, 2.75) is 6.42 Å². The second-order valence-electron chi connectivity index (χ2n) is 4.32. The Balaban J connectivity index is 1.55. The molecule has 0 saturated heterocycles. The van der Waals surface area contributed by atoms with E-state index in [-0.39, 0.29) is 5.91 Å². The van der Waals surface area contributed by atoms with Crippen molar-refractivity contribution in [3.8, 4) is 11.4 Å². The summed E-state index contributed by atoms with van der Waals surface area (Å²) < 4.78 is 0. The first kappa shape index (κ1) is 13.0. The third kappa shape index (κ3) is 3.11. The highest BCUT2D eigenvalue weighted by molar-refractivity contribution is 5.92. The van der Waals surface area contributed by atoms with Gasteiger partial charge in [-0.1, -0.05) is 0 Å². The number of H-pyrrole nitrogens is 2. The number of carbonyl (C=O) groups excluding carboxylic acids is 1. The summed E-state index contributed by atoms with van der Waals surface area (Å²) in [5, 5.41) is 16.1. The number of nitrogens with zero attached hydrogens (tertiary/aromatic N) is 4. The van der Waals surface area contributed by atoms with E-state index >= 15 is 0 Å². The molecular weight excluding hydrogens is 270 g/mol. The van der Waals surface area contributed by atoms with Gasteiger partial charge in [0.25, 0.3) is 5.91 Å². The van der Waals surface area contributed by atoms with Crippen LogP contribution in [0.25, 0.3) is 11.4 Å². The van der Waals surface area contributed by atoms with Gasteiger partial charge in [-0.25, -0.2) is 4.98 Å². The van der Waals surface area contributed by atoms with E-state index in [1.807, 2.05) is 12.1 Å². The Bertz CT molecular complexity index is 705. The van der Waals surface area contributed by atoms with Crippen LogP contribution >= 0.6 is 0 Å². The molecule has 21 heavy (non-hydrogen) atoms. The minimum Gasteiger partial charge on any atom is -0.350 e. The van der Waals surface area contributed by atoms with E-state index in [0.717, 1.165) is 5.56 Å². The van der Waals surface area contributed by atoms with E-state index in [1.54, 1.807) is 18.5 Å². The zero-order valence-electron chi connectivity index (χ0n) is 11.1. The van der Waals surface area contributed by atoms with Gasteiger partial charge in [0.15, 0.2) is 5.82 Å². The fraction of sp³-hybridized carbons (Fsp3) is 0.154. The summed E-state index contributed by atoms with van der Waals surface area (Å²) in [7, 11) is 0. The van der Waals surface area contributed by atoms with Gasteiger partial charge >= 0.3 is 0 Å². The van der Waals surface area contributed by atoms with Crippen LogP contribution in [0.15, 0.2) is 36.8 Å². The molecule has 0 atom stereocenters. The Morgan fingerprint density at radius 1 is 1.14 bits per heavy atom. The lowest BCUT2D eigenvalue weighted by Crippen LogP contribution is -2.26. The third-order valence-corrected chi connectivity index (χ3v) is 2.86. The number of aromatic nitrogens is 6. The Kier molecular flexibility index (Phi) is 3.68. The molecule has 3 aromatic rings. The van der Waals surface area contributed by atoms with Crippen molar-refractivity contribution in [1.82, 2.24) is 35.7 Å². The molecule has 1 amide bonds. The van der Waals surface area contributed by atoms with Crippen molar-refractivity contribution in [2.24, 2.45) is 0 Å². The molecule has 3 aromatic heterocycles. The number of rotatable bonds is 5. The maximum atomic E-state index is 11.7. The van der Waals surface area contributed by atoms with E-state index in [4.69, 9.17) is 0 Å². The van der Waals surface area contributed by atoms with Crippen molar-refractivity contribution in [3.05, 3.63) is 48.3 Å². The molecule has 0 bridgehead atoms. The first-order valence-electron chi connectivity index (χ1n) is 6.42. The van der Waals surface area contributed by atoms with Crippen molar-refractivity contribution in [3.63, 3.8) is 0 Å². The molecule has 0 saturated carbocycles. The number of carbonyl (C=O) groups is 1. The van der Waals surface area contributed by atoms with Gasteiger partial charge in [-0.05, 0) is 18.2 Å². The van der Waals surface area contributed by atoms with Crippen LogP contribution in [0, 0.1) is 0 Å². The molecule has 0 spiro atoms. The summed E-state index contributed by atoms with van der Waals surface area (Å²) in [6, 6.07) is 5.30. The normalized spacial score (nSPS) is 10.5. The van der Waals surface area contributed by atoms with Gasteiger partial charge in [-0.15, -0.1) is 0 Å². The van der Waals surface area contributed by atoms with E-state index in [2.05, 4.69) is 35.7 Å². The van der Waals surface area contributed by atoms with Gasteiger partial charge in [0.1, 0.15) is 11.5 Å². The topological polar surface area (TPSA) is 112 Å². The molecule has 106 valence electrons. The minimum atomic E-state index is -0.193. The summed E-state index contributed by atoms with van der Waals surface area (Å²) in [6.07, 6.45) is 5.48. The van der Waals surface area contributed by atoms with Gasteiger partial charge in [0.05, 0.1) is 0 Å². The number of aromatic amines is 2. The monoisotopic (exact) mass is 283 g/mol. The maximum Gasteiger partial charge on any atom is 0.269 e. The summed E-state index contributed by atoms with van der Waals surface area (Å²) in [5.41, 5.74) is 1.33. The van der Waals surface area contributed by atoms with Crippen LogP contribution in [0.5, 0.6) is 0 Å². The Hall–Kier alpha value is -3.03. The third-order valence-electron chi connectivity index (χ3n) is 2.86. The average Bonchev–Trinajstić information content (AvgIpc) is 3.20. The molecule has 0 radical (unpaired) electrons. The average molecular weight is 283 g/mol. The zero-order valence-corrected chi connectivity index (χ0v) is 11.1. The highest BCUT2D eigenvalue weighted by atomic mass is 16.1. The summed E-state index contributed by atoms with van der Waals surface area (Å²) in [6.45, 7) is 0.461. The smallest absolute Gasteiger partial charge is 0.269 e. The summed E-state index contributed by atoms with van der Waals surface area (Å²) >= 11 is 0. The second kappa shape index (κ2) is 5.95. The van der Waals surface area contributed by atoms with Crippen LogP contribution in [-0.4, -0.2) is 42.8 Å². The molecule has 8 nitrogen and oxygen atoms in total. The minimum absolute atomic E-state index is 0.193. The van der Waals surface area contributed by atoms with E-state index in [9.17, 15) is 4.79 Å². The van der Waals surface area contributed by atoms with Crippen LogP contribution in [0.1, 0.15) is 16.3 Å². The molecule has 0 aromatic carbocycles. The number of nitrogens with one attached hydrogen (secondary N) is 3. The number of hydrogen-bond donors (Lipinski definition) is 3. The fourth-order valence-corrected chi connectivity index (χ4v) is 1.81. The molecule has 0 aliphatic rings. The van der Waals surface area contributed by atoms with Crippen LogP contribution in [0.4, 0.5) is 0 Å². The van der Waals surface area contributed by atoms with Gasteiger partial charge in [0.2, 0.25) is 0 Å². The Morgan fingerprint density at radius 3 is 2.76 bits per heavy atom. The highest BCUT2D eigenvalue weighted by Gasteiger charge is 2.08. The SMILES string of the molecule is O=C(NCCc1nc(-c2ccncc2)n[nH]1)c1ccn[nH]1. The van der Waals surface area contributed by atoms with Crippen molar-refractivity contribution in [2.75, 3.05) is 6.54 Å². The summed E-state index contributed by atoms with van der Waals surface area (Å²) in [4.78, 5) is 20.0. The Labute approximate surface area is 120 Å². The molecule has 0 aliphatic heterocycles.